The Morgan fingerprint density at radius 3 is 2.71 bits per heavy atom. The summed E-state index contributed by atoms with van der Waals surface area (Å²) in [4.78, 5) is 2.21. The maximum atomic E-state index is 6.50. The zero-order valence-electron chi connectivity index (χ0n) is 13.5. The third-order valence-electron chi connectivity index (χ3n) is 4.66. The van der Waals surface area contributed by atoms with E-state index in [0.29, 0.717) is 6.04 Å². The second-order valence-corrected chi connectivity index (χ2v) is 6.66. The molecule has 2 N–H and O–H groups in total. The van der Waals surface area contributed by atoms with Crippen molar-refractivity contribution in [1.29, 1.82) is 0 Å². The SMILES string of the molecule is CN[C@@]1(c2ccccc2Cl)CCCC[C@@H]1NCCN(C)C. The van der Waals surface area contributed by atoms with Crippen LogP contribution < -0.4 is 10.6 Å². The van der Waals surface area contributed by atoms with Crippen molar-refractivity contribution in [3.63, 3.8) is 0 Å². The van der Waals surface area contributed by atoms with Gasteiger partial charge >= 0.3 is 0 Å². The summed E-state index contributed by atoms with van der Waals surface area (Å²) in [6.07, 6.45) is 4.86. The lowest BCUT2D eigenvalue weighted by molar-refractivity contribution is 0.175. The Kier molecular flexibility index (Phi) is 6.06. The third-order valence-corrected chi connectivity index (χ3v) is 4.99. The van der Waals surface area contributed by atoms with E-state index in [1.54, 1.807) is 0 Å². The van der Waals surface area contributed by atoms with Crippen LogP contribution in [0.3, 0.4) is 0 Å². The smallest absolute Gasteiger partial charge is 0.0602 e. The number of halogens is 1. The molecule has 0 bridgehead atoms. The van der Waals surface area contributed by atoms with Crippen LogP contribution in [0.25, 0.3) is 0 Å². The molecule has 1 fully saturated rings. The average molecular weight is 310 g/mol. The molecule has 0 radical (unpaired) electrons. The number of nitrogens with zero attached hydrogens (tertiary/aromatic N) is 1. The van der Waals surface area contributed by atoms with Gasteiger partial charge in [0.1, 0.15) is 0 Å². The van der Waals surface area contributed by atoms with Gasteiger partial charge in [0.05, 0.1) is 5.54 Å². The van der Waals surface area contributed by atoms with Crippen LogP contribution in [0.1, 0.15) is 31.2 Å². The van der Waals surface area contributed by atoms with Crippen molar-refractivity contribution in [2.45, 2.75) is 37.3 Å². The van der Waals surface area contributed by atoms with E-state index < -0.39 is 0 Å². The minimum atomic E-state index is -0.0527. The van der Waals surface area contributed by atoms with Gasteiger partial charge in [0.2, 0.25) is 0 Å². The molecule has 21 heavy (non-hydrogen) atoms. The van der Waals surface area contributed by atoms with Gasteiger partial charge in [-0.25, -0.2) is 0 Å². The predicted octanol–water partition coefficient (Wildman–Crippen LogP) is 2.85. The van der Waals surface area contributed by atoms with Crippen LogP contribution in [0.2, 0.25) is 5.02 Å². The number of nitrogens with one attached hydrogen (secondary N) is 2. The van der Waals surface area contributed by atoms with Crippen molar-refractivity contribution in [1.82, 2.24) is 15.5 Å². The zero-order chi connectivity index (χ0) is 15.3. The fourth-order valence-corrected chi connectivity index (χ4v) is 3.80. The van der Waals surface area contributed by atoms with E-state index in [-0.39, 0.29) is 5.54 Å². The summed E-state index contributed by atoms with van der Waals surface area (Å²) in [5, 5.41) is 8.23. The summed E-state index contributed by atoms with van der Waals surface area (Å²) in [7, 11) is 6.29. The number of likely N-dealkylation sites (N-methyl/N-ethyl adjacent to an activating group) is 2. The first-order valence-corrected chi connectivity index (χ1v) is 8.30. The summed E-state index contributed by atoms with van der Waals surface area (Å²) in [5.74, 6) is 0. The van der Waals surface area contributed by atoms with Crippen molar-refractivity contribution >= 4 is 11.6 Å². The maximum absolute atomic E-state index is 6.50. The minimum absolute atomic E-state index is 0.0527. The summed E-state index contributed by atoms with van der Waals surface area (Å²) in [6, 6.07) is 8.70. The lowest BCUT2D eigenvalue weighted by atomic mass is 9.72. The minimum Gasteiger partial charge on any atom is -0.311 e. The monoisotopic (exact) mass is 309 g/mol. The van der Waals surface area contributed by atoms with Crippen LogP contribution in [0, 0.1) is 0 Å². The van der Waals surface area contributed by atoms with Crippen LogP contribution in [0.5, 0.6) is 0 Å². The number of hydrogen-bond donors (Lipinski definition) is 2. The topological polar surface area (TPSA) is 27.3 Å². The second-order valence-electron chi connectivity index (χ2n) is 6.26. The number of benzene rings is 1. The molecular weight excluding hydrogens is 282 g/mol. The first-order valence-electron chi connectivity index (χ1n) is 7.92. The molecule has 4 heteroatoms. The van der Waals surface area contributed by atoms with Gasteiger partial charge in [-0.3, -0.25) is 0 Å². The van der Waals surface area contributed by atoms with Crippen LogP contribution in [0.15, 0.2) is 24.3 Å². The summed E-state index contributed by atoms with van der Waals surface area (Å²) in [6.45, 7) is 2.06. The van der Waals surface area contributed by atoms with Crippen LogP contribution in [-0.2, 0) is 5.54 Å². The fourth-order valence-electron chi connectivity index (χ4n) is 3.49. The lowest BCUT2D eigenvalue weighted by Gasteiger charge is -2.45. The zero-order valence-corrected chi connectivity index (χ0v) is 14.2. The van der Waals surface area contributed by atoms with Gasteiger partial charge in [0.25, 0.3) is 0 Å². The molecule has 118 valence electrons. The van der Waals surface area contributed by atoms with E-state index in [4.69, 9.17) is 11.6 Å². The standard InChI is InChI=1S/C17H28ClN3/c1-19-17(14-8-4-5-9-15(14)18)11-7-6-10-16(17)20-12-13-21(2)3/h4-5,8-9,16,19-20H,6-7,10-13H2,1-3H3/t16-,17+/m0/s1. The van der Waals surface area contributed by atoms with Crippen LogP contribution >= 0.6 is 11.6 Å². The summed E-state index contributed by atoms with van der Waals surface area (Å²) in [5.41, 5.74) is 1.18. The maximum Gasteiger partial charge on any atom is 0.0602 e. The van der Waals surface area contributed by atoms with Crippen molar-refractivity contribution in [2.75, 3.05) is 34.2 Å². The van der Waals surface area contributed by atoms with Gasteiger partial charge in [0.15, 0.2) is 0 Å². The molecule has 0 unspecified atom stereocenters. The molecule has 0 saturated heterocycles. The van der Waals surface area contributed by atoms with Crippen molar-refractivity contribution < 1.29 is 0 Å². The molecule has 1 saturated carbocycles. The largest absolute Gasteiger partial charge is 0.311 e. The molecule has 0 spiro atoms. The highest BCUT2D eigenvalue weighted by Crippen LogP contribution is 2.40. The number of rotatable bonds is 6. The molecule has 2 rings (SSSR count). The molecule has 3 nitrogen and oxygen atoms in total. The second kappa shape index (κ2) is 7.59. The highest BCUT2D eigenvalue weighted by molar-refractivity contribution is 6.31. The van der Waals surface area contributed by atoms with E-state index in [1.807, 2.05) is 12.1 Å². The van der Waals surface area contributed by atoms with Crippen LogP contribution in [0.4, 0.5) is 0 Å². The van der Waals surface area contributed by atoms with Crippen LogP contribution in [-0.4, -0.2) is 45.2 Å². The van der Waals surface area contributed by atoms with Gasteiger partial charge in [-0.05, 0) is 45.6 Å². The highest BCUT2D eigenvalue weighted by atomic mass is 35.5. The quantitative estimate of drug-likeness (QED) is 0.846. The van der Waals surface area contributed by atoms with E-state index in [0.717, 1.165) is 24.5 Å². The van der Waals surface area contributed by atoms with E-state index in [1.165, 1.54) is 24.8 Å². The predicted molar refractivity (Wildman–Crippen MR) is 91.0 cm³/mol. The first kappa shape index (κ1) is 16.8. The van der Waals surface area contributed by atoms with Gasteiger partial charge in [0, 0.05) is 24.2 Å². The first-order chi connectivity index (χ1) is 10.1. The number of hydrogen-bond acceptors (Lipinski definition) is 3. The fraction of sp³-hybridized carbons (Fsp3) is 0.647. The van der Waals surface area contributed by atoms with Gasteiger partial charge < -0.3 is 15.5 Å². The lowest BCUT2D eigenvalue weighted by Crippen LogP contribution is -2.58. The summed E-state index contributed by atoms with van der Waals surface area (Å²) >= 11 is 6.50. The normalized spacial score (nSPS) is 26.2. The molecule has 0 amide bonds. The Morgan fingerprint density at radius 2 is 2.05 bits per heavy atom. The molecule has 1 aliphatic carbocycles. The van der Waals surface area contributed by atoms with E-state index in [2.05, 4.69) is 48.8 Å². The van der Waals surface area contributed by atoms with E-state index >= 15 is 0 Å². The van der Waals surface area contributed by atoms with Gasteiger partial charge in [-0.2, -0.15) is 0 Å². The molecule has 1 aromatic carbocycles. The average Bonchev–Trinajstić information content (AvgIpc) is 2.48. The third kappa shape index (κ3) is 3.78. The highest BCUT2D eigenvalue weighted by Gasteiger charge is 2.41. The molecule has 0 aliphatic heterocycles. The molecular formula is C17H28ClN3. The molecule has 0 heterocycles. The van der Waals surface area contributed by atoms with Crippen molar-refractivity contribution in [2.24, 2.45) is 0 Å². The molecule has 2 atom stereocenters. The molecule has 1 aliphatic rings. The molecule has 1 aromatic rings. The van der Waals surface area contributed by atoms with E-state index in [9.17, 15) is 0 Å². The Balaban J connectivity index is 2.22. The summed E-state index contributed by atoms with van der Waals surface area (Å²) < 4.78 is 0. The van der Waals surface area contributed by atoms with Crippen molar-refractivity contribution in [3.8, 4) is 0 Å². The Morgan fingerprint density at radius 1 is 1.29 bits per heavy atom. The Labute approximate surface area is 134 Å². The van der Waals surface area contributed by atoms with Crippen molar-refractivity contribution in [3.05, 3.63) is 34.9 Å². The molecule has 0 aromatic heterocycles. The van der Waals surface area contributed by atoms with Gasteiger partial charge in [-0.1, -0.05) is 42.6 Å². The Bertz CT molecular complexity index is 449. The Hall–Kier alpha value is -0.610. The van der Waals surface area contributed by atoms with Gasteiger partial charge in [-0.15, -0.1) is 0 Å².